The van der Waals surface area contributed by atoms with Gasteiger partial charge in [0.15, 0.2) is 5.60 Å². The van der Waals surface area contributed by atoms with Crippen molar-refractivity contribution in [3.05, 3.63) is 106 Å². The standard InChI is InChI=1S/C47H58ClF3N4O6/c1-5-28-55(44(60)47(49,50)51)45(2,3)43(59)53(4)32-40(56)52-39(42(58)54-29-16-17-30-54)31-41(57)61-46(35-20-12-9-13-21-35,37-22-14-15-23-38(37)48)36-26-24-34(25-27-36)33-18-10-7-6-8-11-19-33/h9,12-15,20-27,33,39H,5-8,10-11,16-19,28-32H2,1-4H3,(H,52,56)/t39-,46?/m0/s1. The molecule has 4 amide bonds. The number of ether oxygens (including phenoxy) is 1. The molecule has 0 radical (unpaired) electrons. The molecule has 0 bridgehead atoms. The molecule has 0 aromatic heterocycles. The van der Waals surface area contributed by atoms with Gasteiger partial charge in [-0.3, -0.25) is 24.0 Å². The van der Waals surface area contributed by atoms with E-state index in [-0.39, 0.29) is 13.0 Å². The highest BCUT2D eigenvalue weighted by molar-refractivity contribution is 6.31. The van der Waals surface area contributed by atoms with Crippen LogP contribution in [0.4, 0.5) is 13.2 Å². The minimum Gasteiger partial charge on any atom is -0.444 e. The maximum atomic E-state index is 14.5. The van der Waals surface area contributed by atoms with E-state index in [9.17, 15) is 37.1 Å². The minimum atomic E-state index is -5.22. The van der Waals surface area contributed by atoms with Gasteiger partial charge in [-0.2, -0.15) is 13.2 Å². The van der Waals surface area contributed by atoms with Gasteiger partial charge in [0.2, 0.25) is 17.7 Å². The number of benzene rings is 3. The van der Waals surface area contributed by atoms with E-state index in [1.807, 2.05) is 42.5 Å². The number of hydrogen-bond acceptors (Lipinski definition) is 6. The molecule has 330 valence electrons. The smallest absolute Gasteiger partial charge is 0.444 e. The minimum absolute atomic E-state index is 0.146. The van der Waals surface area contributed by atoms with Crippen molar-refractivity contribution in [2.75, 3.05) is 33.2 Å². The zero-order valence-electron chi connectivity index (χ0n) is 35.6. The second-order valence-corrected chi connectivity index (χ2v) is 17.1. The second kappa shape index (κ2) is 20.8. The summed E-state index contributed by atoms with van der Waals surface area (Å²) in [6.07, 6.45) is 4.00. The highest BCUT2D eigenvalue weighted by atomic mass is 35.5. The summed E-state index contributed by atoms with van der Waals surface area (Å²) in [7, 11) is 1.22. The van der Waals surface area contributed by atoms with Crippen molar-refractivity contribution in [3.8, 4) is 0 Å². The summed E-state index contributed by atoms with van der Waals surface area (Å²) in [5, 5.41) is 2.96. The van der Waals surface area contributed by atoms with Crippen LogP contribution in [0.3, 0.4) is 0 Å². The molecule has 1 N–H and O–H groups in total. The Morgan fingerprint density at radius 1 is 0.803 bits per heavy atom. The van der Waals surface area contributed by atoms with Crippen LogP contribution in [0.25, 0.3) is 0 Å². The van der Waals surface area contributed by atoms with Crippen LogP contribution in [0.1, 0.15) is 120 Å². The van der Waals surface area contributed by atoms with Crippen molar-refractivity contribution >= 4 is 41.2 Å². The summed E-state index contributed by atoms with van der Waals surface area (Å²) >= 11 is 6.95. The number of esters is 1. The molecule has 1 aliphatic carbocycles. The quantitative estimate of drug-likeness (QED) is 0.121. The first-order chi connectivity index (χ1) is 29.0. The van der Waals surface area contributed by atoms with Gasteiger partial charge >= 0.3 is 18.1 Å². The molecule has 61 heavy (non-hydrogen) atoms. The van der Waals surface area contributed by atoms with Gasteiger partial charge in [-0.15, -0.1) is 0 Å². The van der Waals surface area contributed by atoms with Crippen LogP contribution >= 0.6 is 11.6 Å². The van der Waals surface area contributed by atoms with Crippen LogP contribution < -0.4 is 5.32 Å². The Morgan fingerprint density at radius 3 is 1.97 bits per heavy atom. The fourth-order valence-electron chi connectivity index (χ4n) is 8.71. The van der Waals surface area contributed by atoms with Gasteiger partial charge in [0.25, 0.3) is 0 Å². The fraction of sp³-hybridized carbons (Fsp3) is 0.511. The summed E-state index contributed by atoms with van der Waals surface area (Å²) in [4.78, 5) is 71.1. The van der Waals surface area contributed by atoms with Gasteiger partial charge in [-0.25, -0.2) is 0 Å². The number of likely N-dealkylation sites (tertiary alicyclic amines) is 1. The van der Waals surface area contributed by atoms with Crippen molar-refractivity contribution in [2.45, 2.75) is 121 Å². The number of rotatable bonds is 15. The molecule has 14 heteroatoms. The van der Waals surface area contributed by atoms with E-state index >= 15 is 0 Å². The van der Waals surface area contributed by atoms with Crippen LogP contribution in [0, 0.1) is 0 Å². The van der Waals surface area contributed by atoms with Crippen molar-refractivity contribution < 1.29 is 41.9 Å². The van der Waals surface area contributed by atoms with Crippen LogP contribution in [0.5, 0.6) is 0 Å². The molecule has 1 heterocycles. The van der Waals surface area contributed by atoms with Crippen LogP contribution in [0.2, 0.25) is 5.02 Å². The summed E-state index contributed by atoms with van der Waals surface area (Å²) in [5.74, 6) is -4.88. The zero-order valence-corrected chi connectivity index (χ0v) is 36.3. The molecule has 3 aromatic rings. The normalized spacial score (nSPS) is 16.7. The SMILES string of the molecule is CCCN(C(=O)C(F)(F)F)C(C)(C)C(=O)N(C)CC(=O)N[C@@H](CC(=O)OC(c1ccccc1)(c1ccc(C2CCCCCCC2)cc1)c1ccccc1Cl)C(=O)N1CCCC1. The molecule has 2 fully saturated rings. The highest BCUT2D eigenvalue weighted by Gasteiger charge is 2.50. The average molecular weight is 867 g/mol. The average Bonchev–Trinajstić information content (AvgIpc) is 3.76. The van der Waals surface area contributed by atoms with Crippen molar-refractivity contribution in [1.29, 1.82) is 0 Å². The second-order valence-electron chi connectivity index (χ2n) is 16.7. The van der Waals surface area contributed by atoms with E-state index in [1.165, 1.54) is 45.7 Å². The Balaban J connectivity index is 1.46. The lowest BCUT2D eigenvalue weighted by atomic mass is 9.78. The largest absolute Gasteiger partial charge is 0.471 e. The molecule has 1 saturated heterocycles. The Hall–Kier alpha value is -4.91. The zero-order chi connectivity index (χ0) is 44.4. The monoisotopic (exact) mass is 866 g/mol. The number of likely N-dealkylation sites (N-methyl/N-ethyl adjacent to an activating group) is 1. The first-order valence-electron chi connectivity index (χ1n) is 21.4. The number of alkyl halides is 3. The van der Waals surface area contributed by atoms with Crippen molar-refractivity contribution in [1.82, 2.24) is 20.0 Å². The van der Waals surface area contributed by atoms with Crippen molar-refractivity contribution in [3.63, 3.8) is 0 Å². The van der Waals surface area contributed by atoms with Gasteiger partial charge in [-0.05, 0) is 63.5 Å². The van der Waals surface area contributed by atoms with E-state index < -0.39 is 65.9 Å². The Labute approximate surface area is 362 Å². The first kappa shape index (κ1) is 47.1. The van der Waals surface area contributed by atoms with E-state index in [1.54, 1.807) is 36.1 Å². The molecule has 5 rings (SSSR count). The lowest BCUT2D eigenvalue weighted by molar-refractivity contribution is -0.192. The molecule has 10 nitrogen and oxygen atoms in total. The van der Waals surface area contributed by atoms with Crippen LogP contribution in [-0.4, -0.2) is 95.3 Å². The molecule has 1 aliphatic heterocycles. The first-order valence-corrected chi connectivity index (χ1v) is 21.7. The lowest BCUT2D eigenvalue weighted by Gasteiger charge is -2.39. The lowest BCUT2D eigenvalue weighted by Crippen LogP contribution is -2.61. The molecule has 2 aliphatic rings. The Bertz CT molecular complexity index is 1980. The third kappa shape index (κ3) is 11.3. The molecular weight excluding hydrogens is 809 g/mol. The summed E-state index contributed by atoms with van der Waals surface area (Å²) < 4.78 is 47.3. The molecule has 0 spiro atoms. The summed E-state index contributed by atoms with van der Waals surface area (Å²) in [6.45, 7) is 3.73. The van der Waals surface area contributed by atoms with E-state index in [2.05, 4.69) is 17.4 Å². The molecule has 2 atom stereocenters. The number of hydrogen-bond donors (Lipinski definition) is 1. The molecular formula is C47H58ClF3N4O6. The maximum Gasteiger partial charge on any atom is 0.471 e. The van der Waals surface area contributed by atoms with Crippen molar-refractivity contribution in [2.24, 2.45) is 0 Å². The Kier molecular flexibility index (Phi) is 16.1. The predicted molar refractivity (Wildman–Crippen MR) is 228 cm³/mol. The van der Waals surface area contributed by atoms with Gasteiger partial charge in [0.05, 0.1) is 13.0 Å². The molecule has 1 unspecified atom stereocenters. The van der Waals surface area contributed by atoms with Gasteiger partial charge in [0.1, 0.15) is 11.6 Å². The number of nitrogens with one attached hydrogen (secondary N) is 1. The highest BCUT2D eigenvalue weighted by Crippen LogP contribution is 2.44. The van der Waals surface area contributed by atoms with E-state index in [0.717, 1.165) is 43.4 Å². The maximum absolute atomic E-state index is 14.5. The molecule has 1 saturated carbocycles. The van der Waals surface area contributed by atoms with E-state index in [0.29, 0.717) is 45.6 Å². The summed E-state index contributed by atoms with van der Waals surface area (Å²) in [6, 6.07) is 22.9. The number of halogens is 4. The van der Waals surface area contributed by atoms with Gasteiger partial charge in [-0.1, -0.05) is 123 Å². The Morgan fingerprint density at radius 2 is 1.38 bits per heavy atom. The molecule has 3 aromatic carbocycles. The number of carbonyl (C=O) groups excluding carboxylic acids is 5. The summed E-state index contributed by atoms with van der Waals surface area (Å²) in [5.41, 5.74) is -0.633. The number of nitrogens with zero attached hydrogens (tertiary/aromatic N) is 3. The van der Waals surface area contributed by atoms with Gasteiger partial charge in [0, 0.05) is 48.4 Å². The number of amides is 4. The van der Waals surface area contributed by atoms with E-state index in [4.69, 9.17) is 16.3 Å². The number of carbonyl (C=O) groups is 5. The van der Waals surface area contributed by atoms with Crippen LogP contribution in [-0.2, 0) is 34.3 Å². The third-order valence-electron chi connectivity index (χ3n) is 11.9. The fourth-order valence-corrected chi connectivity index (χ4v) is 8.98. The predicted octanol–water partition coefficient (Wildman–Crippen LogP) is 8.54. The third-order valence-corrected chi connectivity index (χ3v) is 12.2. The van der Waals surface area contributed by atoms with Gasteiger partial charge < -0.3 is 24.8 Å². The van der Waals surface area contributed by atoms with Crippen LogP contribution in [0.15, 0.2) is 78.9 Å². The topological polar surface area (TPSA) is 116 Å².